The molecule has 0 fully saturated rings. The van der Waals surface area contributed by atoms with Crippen LogP contribution in [0.2, 0.25) is 0 Å². The molecule has 0 aromatic carbocycles. The molecule has 1 aromatic heterocycles. The Morgan fingerprint density at radius 3 is 2.75 bits per heavy atom. The van der Waals surface area contributed by atoms with Gasteiger partial charge in [0.1, 0.15) is 13.7 Å². The molecule has 0 amide bonds. The molecule has 0 spiro atoms. The molecule has 0 bridgehead atoms. The highest BCUT2D eigenvalue weighted by molar-refractivity contribution is 6.30. The van der Waals surface area contributed by atoms with Gasteiger partial charge in [0.2, 0.25) is 0 Å². The molecule has 0 unspecified atom stereocenters. The van der Waals surface area contributed by atoms with E-state index in [0.717, 1.165) is 0 Å². The van der Waals surface area contributed by atoms with Crippen molar-refractivity contribution in [3.8, 4) is 0 Å². The maximum absolute atomic E-state index is 12.0. The number of hydrogen-bond acceptors (Lipinski definition) is 1. The first-order valence-electron chi connectivity index (χ1n) is 2.16. The van der Waals surface area contributed by atoms with E-state index in [4.69, 9.17) is 7.85 Å². The molecule has 0 saturated carbocycles. The van der Waals surface area contributed by atoms with Gasteiger partial charge in [-0.2, -0.15) is 0 Å². The molecule has 0 aliphatic carbocycles. The summed E-state index contributed by atoms with van der Waals surface area (Å²) in [5.41, 5.74) is 0.213. The summed E-state index contributed by atoms with van der Waals surface area (Å²) in [5.74, 6) is -0.350. The molecule has 0 N–H and O–H groups in total. The summed E-state index contributed by atoms with van der Waals surface area (Å²) in [5, 5.41) is 0. The van der Waals surface area contributed by atoms with E-state index < -0.39 is 0 Å². The van der Waals surface area contributed by atoms with Crippen LogP contribution < -0.4 is 5.59 Å². The zero-order valence-corrected chi connectivity index (χ0v) is 4.13. The summed E-state index contributed by atoms with van der Waals surface area (Å²) in [6.45, 7) is 0. The molecule has 0 atom stereocenters. The molecule has 8 heavy (non-hydrogen) atoms. The Kier molecular flexibility index (Phi) is 1.28. The van der Waals surface area contributed by atoms with Gasteiger partial charge in [0.05, 0.1) is 0 Å². The van der Waals surface area contributed by atoms with Crippen molar-refractivity contribution in [1.29, 1.82) is 0 Å². The Balaban J connectivity index is 3.08. The highest BCUT2D eigenvalue weighted by Crippen LogP contribution is 1.86. The second kappa shape index (κ2) is 1.94. The van der Waals surface area contributed by atoms with Crippen LogP contribution in [0.1, 0.15) is 0 Å². The second-order valence-electron chi connectivity index (χ2n) is 1.40. The van der Waals surface area contributed by atoms with E-state index in [9.17, 15) is 4.39 Å². The maximum Gasteiger partial charge on any atom is 0.141 e. The lowest BCUT2D eigenvalue weighted by molar-refractivity contribution is 0.627. The van der Waals surface area contributed by atoms with Crippen molar-refractivity contribution in [2.24, 2.45) is 0 Å². The first-order valence-corrected chi connectivity index (χ1v) is 2.16. The van der Waals surface area contributed by atoms with Gasteiger partial charge >= 0.3 is 0 Å². The SMILES string of the molecule is [B]c1cc(F)ccn1. The largest absolute Gasteiger partial charge is 0.273 e. The van der Waals surface area contributed by atoms with Crippen molar-refractivity contribution >= 4 is 13.4 Å². The number of halogens is 1. The number of pyridine rings is 1. The van der Waals surface area contributed by atoms with Crippen molar-refractivity contribution in [2.75, 3.05) is 0 Å². The van der Waals surface area contributed by atoms with Crippen LogP contribution in [0.4, 0.5) is 4.39 Å². The minimum atomic E-state index is -0.350. The Morgan fingerprint density at radius 1 is 1.62 bits per heavy atom. The van der Waals surface area contributed by atoms with E-state index >= 15 is 0 Å². The van der Waals surface area contributed by atoms with Gasteiger partial charge in [-0.05, 0) is 17.7 Å². The molecule has 0 aliphatic heterocycles. The fraction of sp³-hybridized carbons (Fsp3) is 0. The molecule has 2 radical (unpaired) electrons. The molecular formula is C5H3BFN. The molecule has 38 valence electrons. The molecular weight excluding hydrogens is 104 g/mol. The van der Waals surface area contributed by atoms with Gasteiger partial charge in [0.15, 0.2) is 0 Å². The number of aromatic nitrogens is 1. The van der Waals surface area contributed by atoms with Gasteiger partial charge in [-0.15, -0.1) is 0 Å². The van der Waals surface area contributed by atoms with Crippen LogP contribution in [0.5, 0.6) is 0 Å². The van der Waals surface area contributed by atoms with E-state index in [1.54, 1.807) is 0 Å². The average Bonchev–Trinajstić information content (AvgIpc) is 1.64. The Hall–Kier alpha value is -0.855. The first kappa shape index (κ1) is 5.28. The van der Waals surface area contributed by atoms with Crippen LogP contribution in [0.3, 0.4) is 0 Å². The lowest BCUT2D eigenvalue weighted by atomic mass is 10.0. The molecule has 0 aliphatic rings. The second-order valence-corrected chi connectivity index (χ2v) is 1.40. The van der Waals surface area contributed by atoms with Crippen LogP contribution in [0, 0.1) is 5.82 Å². The lowest BCUT2D eigenvalue weighted by Gasteiger charge is -1.87. The molecule has 1 nitrogen and oxygen atoms in total. The van der Waals surface area contributed by atoms with Crippen LogP contribution in [-0.4, -0.2) is 12.8 Å². The van der Waals surface area contributed by atoms with E-state index in [0.29, 0.717) is 0 Å². The lowest BCUT2D eigenvalue weighted by Crippen LogP contribution is -2.06. The summed E-state index contributed by atoms with van der Waals surface area (Å²) in [6.07, 6.45) is 1.32. The topological polar surface area (TPSA) is 12.9 Å². The van der Waals surface area contributed by atoms with Gasteiger partial charge in [-0.1, -0.05) is 0 Å². The molecule has 3 heteroatoms. The zero-order valence-electron chi connectivity index (χ0n) is 4.13. The van der Waals surface area contributed by atoms with Crippen LogP contribution in [0.15, 0.2) is 18.3 Å². The number of hydrogen-bond donors (Lipinski definition) is 0. The predicted molar refractivity (Wildman–Crippen MR) is 29.6 cm³/mol. The molecule has 1 rings (SSSR count). The summed E-state index contributed by atoms with van der Waals surface area (Å²) >= 11 is 0. The van der Waals surface area contributed by atoms with E-state index in [2.05, 4.69) is 4.98 Å². The summed E-state index contributed by atoms with van der Waals surface area (Å²) in [7, 11) is 5.11. The van der Waals surface area contributed by atoms with Crippen LogP contribution in [-0.2, 0) is 0 Å². The quantitative estimate of drug-likeness (QED) is 0.425. The van der Waals surface area contributed by atoms with Gasteiger partial charge in [0, 0.05) is 6.20 Å². The van der Waals surface area contributed by atoms with Gasteiger partial charge in [-0.25, -0.2) is 4.39 Å². The Morgan fingerprint density at radius 2 is 2.38 bits per heavy atom. The van der Waals surface area contributed by atoms with Crippen LogP contribution >= 0.6 is 0 Å². The zero-order chi connectivity index (χ0) is 5.98. The summed E-state index contributed by atoms with van der Waals surface area (Å²) in [4.78, 5) is 3.58. The Labute approximate surface area is 48.0 Å². The molecule has 1 aromatic rings. The summed E-state index contributed by atoms with van der Waals surface area (Å²) in [6, 6.07) is 2.41. The highest BCUT2D eigenvalue weighted by atomic mass is 19.1. The van der Waals surface area contributed by atoms with Crippen molar-refractivity contribution < 1.29 is 4.39 Å². The third-order valence-corrected chi connectivity index (χ3v) is 0.743. The van der Waals surface area contributed by atoms with E-state index in [1.807, 2.05) is 0 Å². The third kappa shape index (κ3) is 1.06. The van der Waals surface area contributed by atoms with Crippen molar-refractivity contribution in [2.45, 2.75) is 0 Å². The number of rotatable bonds is 0. The number of nitrogens with zero attached hydrogens (tertiary/aromatic N) is 1. The molecule has 1 heterocycles. The highest BCUT2D eigenvalue weighted by Gasteiger charge is 1.85. The average molecular weight is 107 g/mol. The van der Waals surface area contributed by atoms with Gasteiger partial charge in [-0.3, -0.25) is 4.98 Å². The fourth-order valence-electron chi connectivity index (χ4n) is 0.421. The first-order chi connectivity index (χ1) is 3.79. The van der Waals surface area contributed by atoms with Crippen molar-refractivity contribution in [3.05, 3.63) is 24.1 Å². The smallest absolute Gasteiger partial charge is 0.141 e. The minimum Gasteiger partial charge on any atom is -0.273 e. The van der Waals surface area contributed by atoms with E-state index in [-0.39, 0.29) is 11.4 Å². The maximum atomic E-state index is 12.0. The summed E-state index contributed by atoms with van der Waals surface area (Å²) < 4.78 is 12.0. The monoisotopic (exact) mass is 107 g/mol. The Bertz CT molecular complexity index is 172. The fourth-order valence-corrected chi connectivity index (χ4v) is 0.421. The van der Waals surface area contributed by atoms with Crippen LogP contribution in [0.25, 0.3) is 0 Å². The standard InChI is InChI=1S/C5H3BFN/c6-5-3-4(7)1-2-8-5/h1-3H. The van der Waals surface area contributed by atoms with Crippen molar-refractivity contribution in [1.82, 2.24) is 4.98 Å². The van der Waals surface area contributed by atoms with Gasteiger partial charge < -0.3 is 0 Å². The predicted octanol–water partition coefficient (Wildman–Crippen LogP) is 0.0145. The molecule has 0 saturated heterocycles. The van der Waals surface area contributed by atoms with E-state index in [1.165, 1.54) is 18.3 Å². The van der Waals surface area contributed by atoms with Gasteiger partial charge in [0.25, 0.3) is 0 Å². The third-order valence-electron chi connectivity index (χ3n) is 0.743. The normalized spacial score (nSPS) is 9.12. The van der Waals surface area contributed by atoms with Crippen molar-refractivity contribution in [3.63, 3.8) is 0 Å². The minimum absolute atomic E-state index is 0.213.